The monoisotopic (exact) mass is 389 g/mol. The van der Waals surface area contributed by atoms with Crippen molar-refractivity contribution in [3.8, 4) is 5.75 Å². The summed E-state index contributed by atoms with van der Waals surface area (Å²) in [4.78, 5) is 23.8. The number of benzene rings is 2. The van der Waals surface area contributed by atoms with Gasteiger partial charge in [-0.2, -0.15) is 0 Å². The molecule has 2 aromatic rings. The molecule has 10 heteroatoms. The number of amides is 1. The first kappa shape index (κ1) is 20.1. The van der Waals surface area contributed by atoms with Crippen molar-refractivity contribution in [2.75, 3.05) is 5.32 Å². The molecule has 1 N–H and O–H groups in total. The summed E-state index contributed by atoms with van der Waals surface area (Å²) >= 11 is 0. The summed E-state index contributed by atoms with van der Waals surface area (Å²) in [6.07, 6.45) is -6.20. The van der Waals surface area contributed by atoms with E-state index in [-0.39, 0.29) is 5.69 Å². The van der Waals surface area contributed by atoms with Gasteiger partial charge < -0.3 is 14.8 Å². The second kappa shape index (κ2) is 8.02. The van der Waals surface area contributed by atoms with Gasteiger partial charge in [-0.1, -0.05) is 0 Å². The number of ether oxygens (including phenoxy) is 2. The standard InChI is InChI=1S/C17H12F5NO4/c1-9(26-16(25)13-7-2-10(18)8-14(13)19)15(24)23-11-3-5-12(6-4-11)27-17(20,21)22/h2-9H,1H3,(H,23,24). The third-order valence-corrected chi connectivity index (χ3v) is 3.16. The zero-order valence-electron chi connectivity index (χ0n) is 13.6. The summed E-state index contributed by atoms with van der Waals surface area (Å²) < 4.78 is 71.1. The Bertz CT molecular complexity index is 836. The van der Waals surface area contributed by atoms with E-state index in [1.807, 2.05) is 0 Å². The summed E-state index contributed by atoms with van der Waals surface area (Å²) in [6.45, 7) is 1.20. The van der Waals surface area contributed by atoms with Crippen molar-refractivity contribution in [2.24, 2.45) is 0 Å². The number of carbonyl (C=O) groups is 2. The van der Waals surface area contributed by atoms with Crippen LogP contribution < -0.4 is 10.1 Å². The highest BCUT2D eigenvalue weighted by Gasteiger charge is 2.31. The molecule has 0 aromatic heterocycles. The zero-order valence-corrected chi connectivity index (χ0v) is 13.6. The lowest BCUT2D eigenvalue weighted by atomic mass is 10.2. The second-order valence-corrected chi connectivity index (χ2v) is 5.23. The van der Waals surface area contributed by atoms with E-state index < -0.39 is 47.3 Å². The predicted octanol–water partition coefficient (Wildman–Crippen LogP) is 4.05. The zero-order chi connectivity index (χ0) is 20.2. The molecule has 0 saturated carbocycles. The van der Waals surface area contributed by atoms with Crippen LogP contribution in [0.2, 0.25) is 0 Å². The third kappa shape index (κ3) is 5.94. The summed E-state index contributed by atoms with van der Waals surface area (Å²) in [5, 5.41) is 2.31. The van der Waals surface area contributed by atoms with Gasteiger partial charge in [0.2, 0.25) is 0 Å². The highest BCUT2D eigenvalue weighted by atomic mass is 19.4. The number of nitrogens with one attached hydrogen (secondary N) is 1. The summed E-state index contributed by atoms with van der Waals surface area (Å²) in [6, 6.07) is 6.47. The minimum absolute atomic E-state index is 0.116. The van der Waals surface area contributed by atoms with Crippen LogP contribution in [-0.2, 0) is 9.53 Å². The van der Waals surface area contributed by atoms with Gasteiger partial charge in [0.15, 0.2) is 6.10 Å². The maximum absolute atomic E-state index is 13.5. The van der Waals surface area contributed by atoms with E-state index in [1.54, 1.807) is 0 Å². The van der Waals surface area contributed by atoms with Crippen LogP contribution in [0.15, 0.2) is 42.5 Å². The molecule has 27 heavy (non-hydrogen) atoms. The van der Waals surface area contributed by atoms with E-state index in [2.05, 4.69) is 10.1 Å². The van der Waals surface area contributed by atoms with Crippen LogP contribution >= 0.6 is 0 Å². The van der Waals surface area contributed by atoms with Gasteiger partial charge in [-0.25, -0.2) is 13.6 Å². The van der Waals surface area contributed by atoms with E-state index in [0.29, 0.717) is 6.07 Å². The minimum Gasteiger partial charge on any atom is -0.449 e. The molecule has 1 unspecified atom stereocenters. The Kier molecular flexibility index (Phi) is 5.98. The van der Waals surface area contributed by atoms with Gasteiger partial charge in [0.1, 0.15) is 17.4 Å². The molecule has 5 nitrogen and oxygen atoms in total. The Morgan fingerprint density at radius 1 is 1.04 bits per heavy atom. The van der Waals surface area contributed by atoms with Gasteiger partial charge in [-0.3, -0.25) is 4.79 Å². The van der Waals surface area contributed by atoms with E-state index in [9.17, 15) is 31.5 Å². The quantitative estimate of drug-likeness (QED) is 0.619. The summed E-state index contributed by atoms with van der Waals surface area (Å²) in [5.74, 6) is -4.49. The molecule has 1 amide bonds. The number of carbonyl (C=O) groups excluding carboxylic acids is 2. The number of hydrogen-bond acceptors (Lipinski definition) is 4. The van der Waals surface area contributed by atoms with Crippen LogP contribution in [0.3, 0.4) is 0 Å². The Balaban J connectivity index is 1.96. The topological polar surface area (TPSA) is 64.6 Å². The van der Waals surface area contributed by atoms with Crippen LogP contribution in [0.25, 0.3) is 0 Å². The largest absolute Gasteiger partial charge is 0.573 e. The van der Waals surface area contributed by atoms with Crippen molar-refractivity contribution in [1.82, 2.24) is 0 Å². The van der Waals surface area contributed by atoms with E-state index in [1.165, 1.54) is 6.92 Å². The Hall–Kier alpha value is -3.17. The fourth-order valence-corrected chi connectivity index (χ4v) is 1.92. The van der Waals surface area contributed by atoms with Gasteiger partial charge in [0, 0.05) is 11.8 Å². The third-order valence-electron chi connectivity index (χ3n) is 3.16. The Morgan fingerprint density at radius 3 is 2.22 bits per heavy atom. The number of anilines is 1. The predicted molar refractivity (Wildman–Crippen MR) is 83.0 cm³/mol. The van der Waals surface area contributed by atoms with E-state index in [4.69, 9.17) is 4.74 Å². The average molecular weight is 389 g/mol. The van der Waals surface area contributed by atoms with Crippen molar-refractivity contribution in [3.63, 3.8) is 0 Å². The van der Waals surface area contributed by atoms with Crippen molar-refractivity contribution >= 4 is 17.6 Å². The molecule has 0 heterocycles. The summed E-state index contributed by atoms with van der Waals surface area (Å²) in [5.41, 5.74) is -0.435. The minimum atomic E-state index is -4.84. The average Bonchev–Trinajstić information content (AvgIpc) is 2.55. The van der Waals surface area contributed by atoms with Crippen LogP contribution in [0.4, 0.5) is 27.6 Å². The van der Waals surface area contributed by atoms with Crippen molar-refractivity contribution < 1.29 is 41.0 Å². The van der Waals surface area contributed by atoms with Gasteiger partial charge in [-0.15, -0.1) is 13.2 Å². The molecule has 0 aliphatic heterocycles. The highest BCUT2D eigenvalue weighted by molar-refractivity contribution is 5.97. The lowest BCUT2D eigenvalue weighted by molar-refractivity contribution is -0.274. The fourth-order valence-electron chi connectivity index (χ4n) is 1.92. The molecule has 0 radical (unpaired) electrons. The number of hydrogen-bond donors (Lipinski definition) is 1. The lowest BCUT2D eigenvalue weighted by Crippen LogP contribution is -2.30. The molecule has 0 aliphatic rings. The molecule has 1 atom stereocenters. The molecular weight excluding hydrogens is 377 g/mol. The smallest absolute Gasteiger partial charge is 0.449 e. The molecule has 0 aliphatic carbocycles. The molecule has 144 valence electrons. The maximum Gasteiger partial charge on any atom is 0.573 e. The van der Waals surface area contributed by atoms with Crippen molar-refractivity contribution in [2.45, 2.75) is 19.4 Å². The maximum atomic E-state index is 13.5. The number of rotatable bonds is 5. The Morgan fingerprint density at radius 2 is 1.67 bits per heavy atom. The van der Waals surface area contributed by atoms with Crippen molar-refractivity contribution in [1.29, 1.82) is 0 Å². The lowest BCUT2D eigenvalue weighted by Gasteiger charge is -2.14. The van der Waals surface area contributed by atoms with Crippen LogP contribution in [-0.4, -0.2) is 24.3 Å². The molecule has 0 spiro atoms. The Labute approximate surface area is 149 Å². The molecule has 0 fully saturated rings. The van der Waals surface area contributed by atoms with Crippen LogP contribution in [0, 0.1) is 11.6 Å². The van der Waals surface area contributed by atoms with Crippen molar-refractivity contribution in [3.05, 3.63) is 59.7 Å². The molecule has 0 saturated heterocycles. The first-order chi connectivity index (χ1) is 12.5. The molecule has 2 rings (SSSR count). The molecule has 2 aromatic carbocycles. The summed E-state index contributed by atoms with van der Waals surface area (Å²) in [7, 11) is 0. The van der Waals surface area contributed by atoms with Gasteiger partial charge >= 0.3 is 12.3 Å². The number of halogens is 5. The normalized spacial score (nSPS) is 12.2. The van der Waals surface area contributed by atoms with Gasteiger partial charge in [0.05, 0.1) is 5.56 Å². The SMILES string of the molecule is CC(OC(=O)c1ccc(F)cc1F)C(=O)Nc1ccc(OC(F)(F)F)cc1. The van der Waals surface area contributed by atoms with E-state index in [0.717, 1.165) is 36.4 Å². The fraction of sp³-hybridized carbons (Fsp3) is 0.176. The molecule has 0 bridgehead atoms. The second-order valence-electron chi connectivity index (χ2n) is 5.23. The van der Waals surface area contributed by atoms with Gasteiger partial charge in [0.25, 0.3) is 5.91 Å². The first-order valence-corrected chi connectivity index (χ1v) is 7.38. The first-order valence-electron chi connectivity index (χ1n) is 7.38. The van der Waals surface area contributed by atoms with Gasteiger partial charge in [-0.05, 0) is 43.3 Å². The highest BCUT2D eigenvalue weighted by Crippen LogP contribution is 2.24. The van der Waals surface area contributed by atoms with E-state index >= 15 is 0 Å². The molecular formula is C17H12F5NO4. The number of alkyl halides is 3. The number of esters is 1. The van der Waals surface area contributed by atoms with Crippen LogP contribution in [0.5, 0.6) is 5.75 Å². The van der Waals surface area contributed by atoms with Crippen LogP contribution in [0.1, 0.15) is 17.3 Å².